The first-order valence-electron chi connectivity index (χ1n) is 4.47. The molecule has 4 heteroatoms. The topological polar surface area (TPSA) is 60.2 Å². The van der Waals surface area contributed by atoms with Gasteiger partial charge < -0.3 is 5.73 Å². The lowest BCUT2D eigenvalue weighted by Crippen LogP contribution is -2.31. The first kappa shape index (κ1) is 8.81. The maximum atomic E-state index is 11.8. The van der Waals surface area contributed by atoms with E-state index in [1.807, 2.05) is 12.2 Å². The summed E-state index contributed by atoms with van der Waals surface area (Å²) in [7, 11) is -2.98. The molecule has 0 aliphatic heterocycles. The number of hydrogen-bond acceptors (Lipinski definition) is 3. The molecule has 3 nitrogen and oxygen atoms in total. The Morgan fingerprint density at radius 1 is 1.38 bits per heavy atom. The van der Waals surface area contributed by atoms with Crippen LogP contribution in [0.1, 0.15) is 19.3 Å². The molecular weight excluding hydrogens is 186 g/mol. The van der Waals surface area contributed by atoms with Crippen LogP contribution in [0.2, 0.25) is 0 Å². The first-order chi connectivity index (χ1) is 6.12. The van der Waals surface area contributed by atoms with Crippen molar-refractivity contribution in [3.63, 3.8) is 0 Å². The van der Waals surface area contributed by atoms with Gasteiger partial charge in [0.1, 0.15) is 5.25 Å². The van der Waals surface area contributed by atoms with Crippen LogP contribution in [0.5, 0.6) is 0 Å². The highest BCUT2D eigenvalue weighted by Crippen LogP contribution is 2.34. The molecule has 2 rings (SSSR count). The highest BCUT2D eigenvalue weighted by molar-refractivity contribution is 7.93. The van der Waals surface area contributed by atoms with Crippen LogP contribution in [-0.4, -0.2) is 18.9 Å². The summed E-state index contributed by atoms with van der Waals surface area (Å²) in [6.45, 7) is 0. The summed E-state index contributed by atoms with van der Waals surface area (Å²) in [5, 5.41) is -0.569. The fraction of sp³-hybridized carbons (Fsp3) is 0.556. The fourth-order valence-corrected chi connectivity index (χ4v) is 3.67. The van der Waals surface area contributed by atoms with E-state index in [1.165, 1.54) is 0 Å². The van der Waals surface area contributed by atoms with Crippen molar-refractivity contribution in [2.24, 2.45) is 5.73 Å². The maximum Gasteiger partial charge on any atom is 0.161 e. The second-order valence-corrected chi connectivity index (χ2v) is 6.02. The summed E-state index contributed by atoms with van der Waals surface area (Å²) in [6, 6.07) is 0. The summed E-state index contributed by atoms with van der Waals surface area (Å²) in [5.74, 6) is 0. The lowest BCUT2D eigenvalue weighted by atomic mass is 10.1. The van der Waals surface area contributed by atoms with Gasteiger partial charge in [0, 0.05) is 5.70 Å². The van der Waals surface area contributed by atoms with E-state index in [1.54, 1.807) is 6.08 Å². The van der Waals surface area contributed by atoms with E-state index in [0.717, 1.165) is 12.8 Å². The van der Waals surface area contributed by atoms with Crippen LogP contribution in [-0.2, 0) is 9.84 Å². The Kier molecular flexibility index (Phi) is 1.95. The second-order valence-electron chi connectivity index (χ2n) is 3.61. The molecule has 1 unspecified atom stereocenters. The lowest BCUT2D eigenvalue weighted by Gasteiger charge is -2.18. The SMILES string of the molecule is NC1=CC=CCC1S(=O)(=O)C1CC1. The monoisotopic (exact) mass is 199 g/mol. The Hall–Kier alpha value is -0.770. The van der Waals surface area contributed by atoms with Gasteiger partial charge in [0.05, 0.1) is 5.25 Å². The molecule has 0 spiro atoms. The zero-order chi connectivity index (χ0) is 9.47. The average Bonchev–Trinajstić information content (AvgIpc) is 2.86. The Balaban J connectivity index is 2.26. The largest absolute Gasteiger partial charge is 0.401 e. The molecule has 2 aliphatic carbocycles. The molecule has 0 saturated heterocycles. The van der Waals surface area contributed by atoms with Crippen molar-refractivity contribution in [3.05, 3.63) is 23.9 Å². The number of rotatable bonds is 2. The van der Waals surface area contributed by atoms with Gasteiger partial charge in [-0.1, -0.05) is 12.2 Å². The average molecular weight is 199 g/mol. The minimum Gasteiger partial charge on any atom is -0.401 e. The molecule has 0 bridgehead atoms. The van der Waals surface area contributed by atoms with Gasteiger partial charge in [-0.15, -0.1) is 0 Å². The van der Waals surface area contributed by atoms with Crippen LogP contribution in [0.15, 0.2) is 23.9 Å². The highest BCUT2D eigenvalue weighted by Gasteiger charge is 2.41. The van der Waals surface area contributed by atoms with Gasteiger partial charge in [-0.3, -0.25) is 0 Å². The molecule has 2 aliphatic rings. The van der Waals surface area contributed by atoms with Crippen LogP contribution in [0.3, 0.4) is 0 Å². The highest BCUT2D eigenvalue weighted by atomic mass is 32.2. The van der Waals surface area contributed by atoms with Crippen molar-refractivity contribution < 1.29 is 8.42 Å². The molecular formula is C9H13NO2S. The zero-order valence-electron chi connectivity index (χ0n) is 7.31. The first-order valence-corrected chi connectivity index (χ1v) is 6.08. The van der Waals surface area contributed by atoms with Gasteiger partial charge in [0.2, 0.25) is 0 Å². The van der Waals surface area contributed by atoms with Crippen LogP contribution in [0.4, 0.5) is 0 Å². The van der Waals surface area contributed by atoms with Crippen LogP contribution in [0, 0.1) is 0 Å². The van der Waals surface area contributed by atoms with Gasteiger partial charge in [-0.2, -0.15) is 0 Å². The second kappa shape index (κ2) is 2.87. The molecule has 0 amide bonds. The zero-order valence-corrected chi connectivity index (χ0v) is 8.13. The number of allylic oxidation sites excluding steroid dienone is 3. The van der Waals surface area contributed by atoms with E-state index in [0.29, 0.717) is 12.1 Å². The normalized spacial score (nSPS) is 28.6. The third-order valence-corrected chi connectivity index (χ3v) is 5.19. The van der Waals surface area contributed by atoms with Crippen molar-refractivity contribution in [1.29, 1.82) is 0 Å². The lowest BCUT2D eigenvalue weighted by molar-refractivity contribution is 0.584. The number of hydrogen-bond donors (Lipinski definition) is 1. The van der Waals surface area contributed by atoms with E-state index < -0.39 is 15.1 Å². The van der Waals surface area contributed by atoms with E-state index in [4.69, 9.17) is 5.73 Å². The van der Waals surface area contributed by atoms with Crippen molar-refractivity contribution in [1.82, 2.24) is 0 Å². The Morgan fingerprint density at radius 2 is 2.08 bits per heavy atom. The van der Waals surface area contributed by atoms with Crippen molar-refractivity contribution in [2.45, 2.75) is 29.8 Å². The van der Waals surface area contributed by atoms with Crippen LogP contribution < -0.4 is 5.73 Å². The predicted molar refractivity (Wildman–Crippen MR) is 51.8 cm³/mol. The third kappa shape index (κ3) is 1.50. The van der Waals surface area contributed by atoms with E-state index in [9.17, 15) is 8.42 Å². The van der Waals surface area contributed by atoms with Gasteiger partial charge in [-0.25, -0.2) is 8.42 Å². The van der Waals surface area contributed by atoms with Crippen LogP contribution >= 0.6 is 0 Å². The Labute approximate surface area is 78.2 Å². The molecule has 0 radical (unpaired) electrons. The van der Waals surface area contributed by atoms with Crippen molar-refractivity contribution in [3.8, 4) is 0 Å². The Morgan fingerprint density at radius 3 is 2.62 bits per heavy atom. The molecule has 1 saturated carbocycles. The maximum absolute atomic E-state index is 11.8. The number of nitrogens with two attached hydrogens (primary N) is 1. The van der Waals surface area contributed by atoms with E-state index in [-0.39, 0.29) is 5.25 Å². The summed E-state index contributed by atoms with van der Waals surface area (Å²) in [4.78, 5) is 0. The van der Waals surface area contributed by atoms with Gasteiger partial charge in [0.25, 0.3) is 0 Å². The Bertz CT molecular complexity index is 363. The molecule has 0 aromatic rings. The minimum atomic E-state index is -2.98. The van der Waals surface area contributed by atoms with Gasteiger partial charge in [0.15, 0.2) is 9.84 Å². The van der Waals surface area contributed by atoms with Crippen molar-refractivity contribution >= 4 is 9.84 Å². The predicted octanol–water partition coefficient (Wildman–Crippen LogP) is 0.735. The van der Waals surface area contributed by atoms with Gasteiger partial charge >= 0.3 is 0 Å². The smallest absolute Gasteiger partial charge is 0.161 e. The molecule has 1 atom stereocenters. The molecule has 1 fully saturated rings. The molecule has 72 valence electrons. The quantitative estimate of drug-likeness (QED) is 0.713. The fourth-order valence-electron chi connectivity index (χ4n) is 1.58. The molecule has 0 aromatic carbocycles. The minimum absolute atomic E-state index is 0.115. The van der Waals surface area contributed by atoms with E-state index in [2.05, 4.69) is 0 Å². The third-order valence-electron chi connectivity index (χ3n) is 2.53. The standard InChI is InChI=1S/C9H13NO2S/c10-8-3-1-2-4-9(8)13(11,12)7-5-6-7/h1-3,7,9H,4-6,10H2. The van der Waals surface area contributed by atoms with Gasteiger partial charge in [-0.05, 0) is 25.3 Å². The molecule has 13 heavy (non-hydrogen) atoms. The molecule has 0 heterocycles. The summed E-state index contributed by atoms with van der Waals surface area (Å²) >= 11 is 0. The summed E-state index contributed by atoms with van der Waals surface area (Å²) in [5.41, 5.74) is 6.16. The van der Waals surface area contributed by atoms with Crippen LogP contribution in [0.25, 0.3) is 0 Å². The molecule has 0 aromatic heterocycles. The molecule has 2 N–H and O–H groups in total. The number of sulfone groups is 1. The summed E-state index contributed by atoms with van der Waals surface area (Å²) < 4.78 is 23.6. The van der Waals surface area contributed by atoms with Crippen molar-refractivity contribution in [2.75, 3.05) is 0 Å². The van der Waals surface area contributed by atoms with E-state index >= 15 is 0 Å². The summed E-state index contributed by atoms with van der Waals surface area (Å²) in [6.07, 6.45) is 7.54.